The maximum atomic E-state index is 13.8. The Labute approximate surface area is 148 Å². The van der Waals surface area contributed by atoms with Crippen LogP contribution < -0.4 is 0 Å². The molecule has 1 aromatic heterocycles. The third kappa shape index (κ3) is 3.31. The molecule has 1 N–H and O–H groups in total. The summed E-state index contributed by atoms with van der Waals surface area (Å²) in [6.07, 6.45) is 2.57. The van der Waals surface area contributed by atoms with E-state index < -0.39 is 23.1 Å². The van der Waals surface area contributed by atoms with Gasteiger partial charge in [0.2, 0.25) is 5.91 Å². The molecule has 138 valence electrons. The highest BCUT2D eigenvalue weighted by Crippen LogP contribution is 2.30. The van der Waals surface area contributed by atoms with Crippen LogP contribution in [0.25, 0.3) is 11.3 Å². The highest BCUT2D eigenvalue weighted by atomic mass is 19.1. The van der Waals surface area contributed by atoms with E-state index in [1.54, 1.807) is 6.92 Å². The average Bonchev–Trinajstić information content (AvgIpc) is 3.20. The molecule has 2 aromatic rings. The topological polar surface area (TPSA) is 83.6 Å². The number of aromatic nitrogens is 1. The second-order valence-corrected chi connectivity index (χ2v) is 6.47. The molecular weight excluding hydrogens is 346 g/mol. The van der Waals surface area contributed by atoms with E-state index in [1.165, 1.54) is 17.2 Å². The number of rotatable bonds is 5. The lowest BCUT2D eigenvalue weighted by molar-refractivity contribution is -0.155. The molecule has 3 rings (SSSR count). The third-order valence-corrected chi connectivity index (χ3v) is 4.71. The van der Waals surface area contributed by atoms with Crippen LogP contribution in [-0.2, 0) is 16.0 Å². The first-order valence-corrected chi connectivity index (χ1v) is 8.25. The number of nitrogens with zero attached hydrogens (tertiary/aromatic N) is 2. The van der Waals surface area contributed by atoms with Crippen molar-refractivity contribution in [3.8, 4) is 11.3 Å². The summed E-state index contributed by atoms with van der Waals surface area (Å²) < 4.78 is 32.2. The van der Waals surface area contributed by atoms with E-state index in [9.17, 15) is 23.5 Å². The van der Waals surface area contributed by atoms with Crippen LogP contribution in [0.15, 0.2) is 28.8 Å². The fourth-order valence-corrected chi connectivity index (χ4v) is 3.17. The molecule has 0 bridgehead atoms. The van der Waals surface area contributed by atoms with Gasteiger partial charge in [-0.3, -0.25) is 4.79 Å². The van der Waals surface area contributed by atoms with Gasteiger partial charge in [-0.2, -0.15) is 0 Å². The number of amides is 1. The fraction of sp³-hybridized carbons (Fsp3) is 0.389. The summed E-state index contributed by atoms with van der Waals surface area (Å²) in [7, 11) is 0. The quantitative estimate of drug-likeness (QED) is 0.882. The van der Waals surface area contributed by atoms with E-state index in [0.717, 1.165) is 12.1 Å². The number of oxazole rings is 1. The minimum Gasteiger partial charge on any atom is -0.480 e. The first kappa shape index (κ1) is 18.0. The normalized spacial score (nSPS) is 19.7. The van der Waals surface area contributed by atoms with Gasteiger partial charge in [-0.1, -0.05) is 0 Å². The van der Waals surface area contributed by atoms with Crippen LogP contribution in [0.1, 0.15) is 32.1 Å². The Morgan fingerprint density at radius 3 is 2.85 bits per heavy atom. The minimum absolute atomic E-state index is 0.0364. The summed E-state index contributed by atoms with van der Waals surface area (Å²) in [5, 5.41) is 9.36. The molecule has 26 heavy (non-hydrogen) atoms. The molecule has 1 unspecified atom stereocenters. The number of likely N-dealkylation sites (tertiary alicyclic amines) is 1. The van der Waals surface area contributed by atoms with Crippen molar-refractivity contribution in [2.24, 2.45) is 0 Å². The van der Waals surface area contributed by atoms with Crippen molar-refractivity contribution in [2.45, 2.75) is 38.1 Å². The molecule has 1 fully saturated rings. The summed E-state index contributed by atoms with van der Waals surface area (Å²) in [6, 6.07) is 3.12. The van der Waals surface area contributed by atoms with Crippen LogP contribution in [-0.4, -0.2) is 39.0 Å². The van der Waals surface area contributed by atoms with Gasteiger partial charge in [-0.25, -0.2) is 18.6 Å². The SMILES string of the molecule is CC1(C(=O)O)CCCN1C(=O)CCc1ncc(-c2ccc(F)cc2F)o1. The molecule has 1 atom stereocenters. The lowest BCUT2D eigenvalue weighted by Gasteiger charge is -2.31. The molecule has 0 saturated carbocycles. The number of carboxylic acid groups (broad SMARTS) is 1. The van der Waals surface area contributed by atoms with Gasteiger partial charge in [-0.15, -0.1) is 0 Å². The molecule has 1 aliphatic heterocycles. The summed E-state index contributed by atoms with van der Waals surface area (Å²) in [5.74, 6) is -2.40. The zero-order chi connectivity index (χ0) is 18.9. The Morgan fingerprint density at radius 2 is 2.15 bits per heavy atom. The van der Waals surface area contributed by atoms with Gasteiger partial charge in [0.15, 0.2) is 11.7 Å². The number of hydrogen-bond donors (Lipinski definition) is 1. The first-order chi connectivity index (χ1) is 12.3. The van der Waals surface area contributed by atoms with Crippen molar-refractivity contribution < 1.29 is 27.9 Å². The number of aliphatic carboxylic acids is 1. The average molecular weight is 364 g/mol. The predicted octanol–water partition coefficient (Wildman–Crippen LogP) is 3.02. The number of benzene rings is 1. The number of carbonyl (C=O) groups excluding carboxylic acids is 1. The van der Waals surface area contributed by atoms with E-state index in [0.29, 0.717) is 19.4 Å². The maximum Gasteiger partial charge on any atom is 0.329 e. The van der Waals surface area contributed by atoms with Crippen molar-refractivity contribution in [1.29, 1.82) is 0 Å². The van der Waals surface area contributed by atoms with Gasteiger partial charge >= 0.3 is 5.97 Å². The molecule has 8 heteroatoms. The van der Waals surface area contributed by atoms with E-state index >= 15 is 0 Å². The second-order valence-electron chi connectivity index (χ2n) is 6.47. The van der Waals surface area contributed by atoms with Crippen LogP contribution in [0.5, 0.6) is 0 Å². The second kappa shape index (κ2) is 6.86. The summed E-state index contributed by atoms with van der Waals surface area (Å²) in [4.78, 5) is 29.2. The van der Waals surface area contributed by atoms with Crippen LogP contribution in [0.3, 0.4) is 0 Å². The standard InChI is InChI=1S/C18H18F2N2O4/c1-18(17(24)25)7-2-8-22(18)16(23)6-5-15-21-10-14(26-15)12-4-3-11(19)9-13(12)20/h3-4,9-10H,2,5-8H2,1H3,(H,24,25). The molecule has 0 aliphatic carbocycles. The number of carbonyl (C=O) groups is 2. The Kier molecular flexibility index (Phi) is 4.76. The van der Waals surface area contributed by atoms with Crippen molar-refractivity contribution in [1.82, 2.24) is 9.88 Å². The number of carboxylic acids is 1. The van der Waals surface area contributed by atoms with Gasteiger partial charge in [0, 0.05) is 25.5 Å². The largest absolute Gasteiger partial charge is 0.480 e. The number of halogens is 2. The highest BCUT2D eigenvalue weighted by molar-refractivity contribution is 5.87. The van der Waals surface area contributed by atoms with E-state index in [-0.39, 0.29) is 36.0 Å². The molecule has 0 spiro atoms. The fourth-order valence-electron chi connectivity index (χ4n) is 3.17. The minimum atomic E-state index is -1.18. The summed E-state index contributed by atoms with van der Waals surface area (Å²) >= 11 is 0. The van der Waals surface area contributed by atoms with Gasteiger partial charge in [0.25, 0.3) is 0 Å². The number of hydrogen-bond acceptors (Lipinski definition) is 4. The molecule has 2 heterocycles. The molecule has 1 amide bonds. The van der Waals surface area contributed by atoms with Gasteiger partial charge in [-0.05, 0) is 31.9 Å². The van der Waals surface area contributed by atoms with Crippen LogP contribution >= 0.6 is 0 Å². The summed E-state index contributed by atoms with van der Waals surface area (Å²) in [6.45, 7) is 1.94. The Balaban J connectivity index is 1.67. The lowest BCUT2D eigenvalue weighted by atomic mass is 9.99. The lowest BCUT2D eigenvalue weighted by Crippen LogP contribution is -2.50. The van der Waals surface area contributed by atoms with Gasteiger partial charge in [0.1, 0.15) is 17.2 Å². The van der Waals surface area contributed by atoms with Crippen molar-refractivity contribution >= 4 is 11.9 Å². The monoisotopic (exact) mass is 364 g/mol. The first-order valence-electron chi connectivity index (χ1n) is 8.25. The van der Waals surface area contributed by atoms with Crippen molar-refractivity contribution in [3.05, 3.63) is 41.9 Å². The van der Waals surface area contributed by atoms with E-state index in [2.05, 4.69) is 4.98 Å². The van der Waals surface area contributed by atoms with Gasteiger partial charge in [0.05, 0.1) is 11.8 Å². The smallest absolute Gasteiger partial charge is 0.329 e. The van der Waals surface area contributed by atoms with E-state index in [1.807, 2.05) is 0 Å². The molecule has 0 radical (unpaired) electrons. The predicted molar refractivity (Wildman–Crippen MR) is 87.2 cm³/mol. The molecule has 1 saturated heterocycles. The van der Waals surface area contributed by atoms with Crippen LogP contribution in [0.4, 0.5) is 8.78 Å². The van der Waals surface area contributed by atoms with Gasteiger partial charge < -0.3 is 14.4 Å². The molecular formula is C18H18F2N2O4. The van der Waals surface area contributed by atoms with Crippen LogP contribution in [0.2, 0.25) is 0 Å². The third-order valence-electron chi connectivity index (χ3n) is 4.71. The van der Waals surface area contributed by atoms with Crippen molar-refractivity contribution in [2.75, 3.05) is 6.54 Å². The Bertz CT molecular complexity index is 851. The van der Waals surface area contributed by atoms with E-state index in [4.69, 9.17) is 4.42 Å². The van der Waals surface area contributed by atoms with Crippen molar-refractivity contribution in [3.63, 3.8) is 0 Å². The Hall–Kier alpha value is -2.77. The zero-order valence-electron chi connectivity index (χ0n) is 14.2. The number of aryl methyl sites for hydroxylation is 1. The molecule has 1 aliphatic rings. The maximum absolute atomic E-state index is 13.8. The Morgan fingerprint density at radius 1 is 1.38 bits per heavy atom. The zero-order valence-corrected chi connectivity index (χ0v) is 14.2. The van der Waals surface area contributed by atoms with Crippen LogP contribution in [0, 0.1) is 11.6 Å². The molecule has 1 aromatic carbocycles. The summed E-state index contributed by atoms with van der Waals surface area (Å²) in [5.41, 5.74) is -1.11. The highest BCUT2D eigenvalue weighted by Gasteiger charge is 2.45. The molecule has 6 nitrogen and oxygen atoms in total.